The topological polar surface area (TPSA) is 221 Å². The van der Waals surface area contributed by atoms with Crippen LogP contribution in [0.5, 0.6) is 0 Å². The van der Waals surface area contributed by atoms with E-state index in [2.05, 4.69) is 31.3 Å². The monoisotopic (exact) mass is 820 g/mol. The van der Waals surface area contributed by atoms with Gasteiger partial charge in [-0.3, -0.25) is 24.3 Å². The summed E-state index contributed by atoms with van der Waals surface area (Å²) in [4.78, 5) is 66.4. The molecular formula is C41H44F4N8O6. The van der Waals surface area contributed by atoms with Gasteiger partial charge in [-0.25, -0.2) is 9.78 Å². The molecule has 4 amide bonds. The molecule has 1 saturated heterocycles. The minimum atomic E-state index is -5.45. The Labute approximate surface area is 336 Å². The maximum atomic E-state index is 14.2. The van der Waals surface area contributed by atoms with E-state index < -0.39 is 47.5 Å². The first-order valence-electron chi connectivity index (χ1n) is 19.2. The number of nitrogens with zero attached hydrogens (tertiary/aromatic N) is 2. The highest BCUT2D eigenvalue weighted by Crippen LogP contribution is 2.42. The second-order valence-corrected chi connectivity index (χ2v) is 14.9. The number of hydrogen-bond donors (Lipinski definition) is 7. The first-order chi connectivity index (χ1) is 28.1. The number of piperidine rings is 1. The number of halogens is 4. The molecule has 8 N–H and O–H groups in total. The molecule has 1 aliphatic heterocycles. The zero-order valence-electron chi connectivity index (χ0n) is 32.0. The molecule has 1 aliphatic carbocycles. The lowest BCUT2D eigenvalue weighted by atomic mass is 9.81. The molecule has 2 fully saturated rings. The lowest BCUT2D eigenvalue weighted by Gasteiger charge is -2.28. The molecule has 2 atom stereocenters. The third kappa shape index (κ3) is 9.59. The van der Waals surface area contributed by atoms with Crippen LogP contribution in [0.4, 0.5) is 23.2 Å². The summed E-state index contributed by atoms with van der Waals surface area (Å²) in [6, 6.07) is 16.6. The van der Waals surface area contributed by atoms with Crippen molar-refractivity contribution in [2.45, 2.75) is 75.8 Å². The molecule has 18 heteroatoms. The molecule has 14 nitrogen and oxygen atoms in total. The van der Waals surface area contributed by atoms with Gasteiger partial charge in [0, 0.05) is 35.7 Å². The number of carboxylic acids is 1. The molecule has 312 valence electrons. The van der Waals surface area contributed by atoms with Gasteiger partial charge in [0.05, 0.1) is 0 Å². The molecule has 3 aromatic carbocycles. The number of benzene rings is 3. The van der Waals surface area contributed by atoms with Crippen molar-refractivity contribution in [1.82, 2.24) is 31.1 Å². The first-order valence-corrected chi connectivity index (χ1v) is 19.2. The molecule has 2 aliphatic rings. The van der Waals surface area contributed by atoms with Crippen LogP contribution in [0.3, 0.4) is 0 Å². The minimum Gasteiger partial charge on any atom is -0.477 e. The molecular weight excluding hydrogens is 776 g/mol. The molecule has 6 rings (SSSR count). The number of carbonyl (C=O) groups is 5. The summed E-state index contributed by atoms with van der Waals surface area (Å²) in [7, 11) is 0. The highest BCUT2D eigenvalue weighted by Gasteiger charge is 2.65. The number of aliphatic carboxylic acids is 1. The molecule has 1 unspecified atom stereocenters. The molecule has 4 aromatic rings. The van der Waals surface area contributed by atoms with Crippen LogP contribution in [0.1, 0.15) is 65.8 Å². The summed E-state index contributed by atoms with van der Waals surface area (Å²) in [6.07, 6.45) is 4.35. The summed E-state index contributed by atoms with van der Waals surface area (Å²) < 4.78 is 55.9. The highest BCUT2D eigenvalue weighted by molar-refractivity contribution is 5.99. The van der Waals surface area contributed by atoms with Crippen molar-refractivity contribution in [1.29, 1.82) is 0 Å². The predicted molar refractivity (Wildman–Crippen MR) is 207 cm³/mol. The lowest BCUT2D eigenvalue weighted by Crippen LogP contribution is -2.50. The van der Waals surface area contributed by atoms with E-state index in [-0.39, 0.29) is 41.3 Å². The Morgan fingerprint density at radius 1 is 0.932 bits per heavy atom. The molecule has 59 heavy (non-hydrogen) atoms. The van der Waals surface area contributed by atoms with E-state index in [4.69, 9.17) is 10.8 Å². The molecule has 0 bridgehead atoms. The van der Waals surface area contributed by atoms with Crippen LogP contribution < -0.4 is 27.0 Å². The summed E-state index contributed by atoms with van der Waals surface area (Å²) in [5.41, 5.74) is 9.90. The zero-order chi connectivity index (χ0) is 42.5. The van der Waals surface area contributed by atoms with E-state index in [9.17, 15) is 41.5 Å². The average molecular weight is 821 g/mol. The lowest BCUT2D eigenvalue weighted by molar-refractivity contribution is -0.231. The van der Waals surface area contributed by atoms with Crippen LogP contribution in [0, 0.1) is 18.8 Å². The van der Waals surface area contributed by atoms with Crippen LogP contribution in [0.25, 0.3) is 22.5 Å². The molecule has 0 spiro atoms. The molecule has 1 aromatic heterocycles. The Morgan fingerprint density at radius 2 is 1.61 bits per heavy atom. The van der Waals surface area contributed by atoms with Gasteiger partial charge in [-0.2, -0.15) is 22.7 Å². The van der Waals surface area contributed by atoms with Gasteiger partial charge in [-0.15, -0.1) is 0 Å². The van der Waals surface area contributed by atoms with E-state index in [0.717, 1.165) is 41.5 Å². The number of alkyl halides is 4. The number of hydrogen-bond acceptors (Lipinski definition) is 8. The Kier molecular flexibility index (Phi) is 12.8. The maximum absolute atomic E-state index is 14.2. The van der Waals surface area contributed by atoms with Gasteiger partial charge in [0.25, 0.3) is 5.91 Å². The van der Waals surface area contributed by atoms with Crippen molar-refractivity contribution in [3.05, 3.63) is 89.2 Å². The number of nitrogens with two attached hydrogens (primary N) is 1. The fourth-order valence-corrected chi connectivity index (χ4v) is 7.24. The number of nitrogens with one attached hydrogen (secondary N) is 5. The van der Waals surface area contributed by atoms with Crippen molar-refractivity contribution in [3.8, 4) is 22.5 Å². The predicted octanol–water partition coefficient (Wildman–Crippen LogP) is 4.70. The van der Waals surface area contributed by atoms with Gasteiger partial charge in [0.1, 0.15) is 12.1 Å². The van der Waals surface area contributed by atoms with E-state index in [1.165, 1.54) is 24.3 Å². The van der Waals surface area contributed by atoms with Crippen LogP contribution in [0.2, 0.25) is 0 Å². The zero-order valence-corrected chi connectivity index (χ0v) is 32.0. The number of aromatic amines is 1. The van der Waals surface area contributed by atoms with Crippen molar-refractivity contribution in [2.75, 3.05) is 18.4 Å². The number of carbonyl (C=O) groups excluding carboxylic acids is 4. The van der Waals surface area contributed by atoms with Crippen molar-refractivity contribution in [3.63, 3.8) is 0 Å². The van der Waals surface area contributed by atoms with Gasteiger partial charge >= 0.3 is 17.8 Å². The number of rotatable bonds is 14. The average Bonchev–Trinajstić information content (AvgIpc) is 3.73. The van der Waals surface area contributed by atoms with Crippen LogP contribution in [-0.2, 0) is 31.5 Å². The summed E-state index contributed by atoms with van der Waals surface area (Å²) in [5, 5.41) is 25.0. The van der Waals surface area contributed by atoms with Gasteiger partial charge in [0.2, 0.25) is 23.5 Å². The molecule has 1 saturated carbocycles. The number of anilines is 1. The fraction of sp³-hybridized carbons (Fsp3) is 0.390. The molecule has 0 radical (unpaired) electrons. The second-order valence-electron chi connectivity index (χ2n) is 14.9. The van der Waals surface area contributed by atoms with Crippen LogP contribution in [0.15, 0.2) is 66.7 Å². The quantitative estimate of drug-likeness (QED) is 0.0876. The number of aromatic nitrogens is 3. The van der Waals surface area contributed by atoms with Crippen molar-refractivity contribution >= 4 is 35.3 Å². The van der Waals surface area contributed by atoms with Gasteiger partial charge in [-0.05, 0) is 117 Å². The summed E-state index contributed by atoms with van der Waals surface area (Å²) in [6.45, 7) is 3.01. The van der Waals surface area contributed by atoms with Crippen molar-refractivity contribution < 1.29 is 46.6 Å². The number of carboxylic acid groups (broad SMARTS) is 1. The Balaban J connectivity index is 1.15. The number of H-pyrrole nitrogens is 1. The second kappa shape index (κ2) is 17.8. The maximum Gasteiger partial charge on any atom is 0.411 e. The van der Waals surface area contributed by atoms with E-state index >= 15 is 0 Å². The standard InChI is InChI=1S/C41H44F4N8O6/c1-22-19-28(35(55)49-31-3-2-18-47-36(31)56)14-17-30(22)25-8-4-23(5-9-25)20-32(50-34(54)27-10-6-24(21-46)7-11-27)37(57)48-29-15-12-26(13-16-29)33-51-38(53-52-33)40(42,43)41(44,45)39(58)59/h4-5,8-9,12-17,19,24,27,31-32H,2-3,6-7,10-11,18,20-21,46H2,1H3,(H,47,56)(H,48,57)(H,49,55)(H,50,54)(H,58,59)(H,51,52,53)/t24?,27?,31?,32-/m0/s1. The minimum absolute atomic E-state index is 0.0968. The van der Waals surface area contributed by atoms with E-state index in [1.807, 2.05) is 37.3 Å². The summed E-state index contributed by atoms with van der Waals surface area (Å²) >= 11 is 0. The van der Waals surface area contributed by atoms with Crippen molar-refractivity contribution in [2.24, 2.45) is 17.6 Å². The van der Waals surface area contributed by atoms with Crippen LogP contribution in [-0.4, -0.2) is 81.0 Å². The first kappa shape index (κ1) is 42.4. The largest absolute Gasteiger partial charge is 0.477 e. The van der Waals surface area contributed by atoms with Gasteiger partial charge in [0.15, 0.2) is 5.82 Å². The third-order valence-electron chi connectivity index (χ3n) is 10.8. The smallest absolute Gasteiger partial charge is 0.411 e. The highest BCUT2D eigenvalue weighted by atomic mass is 19.3. The fourth-order valence-electron chi connectivity index (χ4n) is 7.24. The number of aryl methyl sites for hydroxylation is 1. The van der Waals surface area contributed by atoms with E-state index in [0.29, 0.717) is 43.8 Å². The number of amides is 4. The summed E-state index contributed by atoms with van der Waals surface area (Å²) in [5.74, 6) is -17.0. The van der Waals surface area contributed by atoms with E-state index in [1.54, 1.807) is 17.2 Å². The normalized spacial score (nSPS) is 18.9. The van der Waals surface area contributed by atoms with Gasteiger partial charge in [-0.1, -0.05) is 30.3 Å². The van der Waals surface area contributed by atoms with Crippen LogP contribution >= 0.6 is 0 Å². The third-order valence-corrected chi connectivity index (χ3v) is 10.8. The molecule has 2 heterocycles. The Bertz CT molecular complexity index is 2190. The Morgan fingerprint density at radius 3 is 2.24 bits per heavy atom. The SMILES string of the molecule is Cc1cc(C(=O)NC2CCCNC2=O)ccc1-c1ccc(C[C@H](NC(=O)C2CCC(CN)CC2)C(=O)Nc2ccc(-c3n[nH]c(C(F)(F)C(F)(F)C(=O)O)n3)cc2)cc1. The Hall–Kier alpha value is -6.17. The van der Waals surface area contributed by atoms with Gasteiger partial charge < -0.3 is 32.1 Å².